The highest BCUT2D eigenvalue weighted by atomic mass is 19.1. The summed E-state index contributed by atoms with van der Waals surface area (Å²) in [5.41, 5.74) is 8.00. The Labute approximate surface area is 168 Å². The van der Waals surface area contributed by atoms with Crippen LogP contribution in [0, 0.1) is 24.6 Å². The number of nitrogens with zero attached hydrogens (tertiary/aromatic N) is 2. The minimum atomic E-state index is -1.27. The molecule has 0 bridgehead atoms. The number of rotatable bonds is 3. The lowest BCUT2D eigenvalue weighted by molar-refractivity contribution is 0.0694. The summed E-state index contributed by atoms with van der Waals surface area (Å²) in [4.78, 5) is 26.4. The van der Waals surface area contributed by atoms with Crippen LogP contribution in [0.4, 0.5) is 10.1 Å². The van der Waals surface area contributed by atoms with Crippen molar-refractivity contribution >= 4 is 17.2 Å². The lowest BCUT2D eigenvalue weighted by Crippen LogP contribution is -2.43. The molecule has 1 aliphatic heterocycles. The molecule has 0 aromatic carbocycles. The molecule has 3 fully saturated rings. The molecule has 2 aromatic heterocycles. The van der Waals surface area contributed by atoms with Crippen LogP contribution in [0.15, 0.2) is 17.1 Å². The zero-order chi connectivity index (χ0) is 20.7. The number of fused-ring (bicyclic) bond motifs is 2. The summed E-state index contributed by atoms with van der Waals surface area (Å²) in [6.45, 7) is 5.40. The summed E-state index contributed by atoms with van der Waals surface area (Å²) in [6, 6.07) is 1.50. The zero-order valence-electron chi connectivity index (χ0n) is 16.7. The van der Waals surface area contributed by atoms with E-state index in [1.54, 1.807) is 0 Å². The Balaban J connectivity index is 1.69. The third kappa shape index (κ3) is 2.70. The number of hydrogen-bond acceptors (Lipinski definition) is 4. The summed E-state index contributed by atoms with van der Waals surface area (Å²) < 4.78 is 16.5. The van der Waals surface area contributed by atoms with E-state index in [2.05, 4.69) is 11.8 Å². The van der Waals surface area contributed by atoms with E-state index in [9.17, 15) is 14.7 Å². The van der Waals surface area contributed by atoms with Crippen molar-refractivity contribution < 1.29 is 14.3 Å². The van der Waals surface area contributed by atoms with Crippen molar-refractivity contribution in [3.8, 4) is 0 Å². The fraction of sp³-hybridized carbons (Fsp3) is 0.545. The highest BCUT2D eigenvalue weighted by molar-refractivity contribution is 5.89. The van der Waals surface area contributed by atoms with Crippen LogP contribution in [0.3, 0.4) is 0 Å². The number of hydrogen-bond donors (Lipinski definition) is 2. The van der Waals surface area contributed by atoms with E-state index >= 15 is 4.39 Å². The topological polar surface area (TPSA) is 88.0 Å². The third-order valence-corrected chi connectivity index (χ3v) is 7.35. The van der Waals surface area contributed by atoms with Crippen LogP contribution >= 0.6 is 0 Å². The Bertz CT molecular complexity index is 1100. The van der Waals surface area contributed by atoms with Crippen molar-refractivity contribution in [2.24, 2.45) is 17.6 Å². The molecule has 154 valence electrons. The van der Waals surface area contributed by atoms with Crippen molar-refractivity contribution in [1.29, 1.82) is 0 Å². The molecule has 3 heterocycles. The number of pyridine rings is 2. The lowest BCUT2D eigenvalue weighted by atomic mass is 9.88. The van der Waals surface area contributed by atoms with E-state index in [-0.39, 0.29) is 17.0 Å². The number of carbonyl (C=O) groups is 1. The van der Waals surface area contributed by atoms with Crippen LogP contribution < -0.4 is 16.2 Å². The largest absolute Gasteiger partial charge is 0.477 e. The van der Waals surface area contributed by atoms with Gasteiger partial charge in [0.05, 0.1) is 17.4 Å². The molecule has 29 heavy (non-hydrogen) atoms. The summed E-state index contributed by atoms with van der Waals surface area (Å²) >= 11 is 0. The highest BCUT2D eigenvalue weighted by Crippen LogP contribution is 2.47. The van der Waals surface area contributed by atoms with Gasteiger partial charge in [-0.3, -0.25) is 9.20 Å². The van der Waals surface area contributed by atoms with Gasteiger partial charge in [0, 0.05) is 18.6 Å². The van der Waals surface area contributed by atoms with Gasteiger partial charge in [0.1, 0.15) is 5.56 Å². The average molecular weight is 399 g/mol. The maximum atomic E-state index is 15.3. The van der Waals surface area contributed by atoms with Gasteiger partial charge in [-0.15, -0.1) is 0 Å². The van der Waals surface area contributed by atoms with Gasteiger partial charge in [-0.2, -0.15) is 0 Å². The van der Waals surface area contributed by atoms with Crippen molar-refractivity contribution in [2.45, 2.75) is 51.0 Å². The Kier molecular flexibility index (Phi) is 3.88. The van der Waals surface area contributed by atoms with Crippen molar-refractivity contribution in [1.82, 2.24) is 4.40 Å². The van der Waals surface area contributed by atoms with Gasteiger partial charge in [0.15, 0.2) is 5.82 Å². The Hall–Kier alpha value is -2.41. The van der Waals surface area contributed by atoms with Gasteiger partial charge in [-0.25, -0.2) is 9.18 Å². The van der Waals surface area contributed by atoms with Gasteiger partial charge in [-0.05, 0) is 74.5 Å². The van der Waals surface area contributed by atoms with E-state index in [4.69, 9.17) is 5.73 Å². The monoisotopic (exact) mass is 399 g/mol. The molecule has 7 heteroatoms. The predicted octanol–water partition coefficient (Wildman–Crippen LogP) is 2.89. The first-order chi connectivity index (χ1) is 13.7. The minimum Gasteiger partial charge on any atom is -0.477 e. The second kappa shape index (κ2) is 6.05. The Morgan fingerprint density at radius 1 is 1.31 bits per heavy atom. The predicted molar refractivity (Wildman–Crippen MR) is 108 cm³/mol. The first kappa shape index (κ1) is 18.6. The number of aromatic nitrogens is 1. The maximum absolute atomic E-state index is 15.3. The first-order valence-electron chi connectivity index (χ1n) is 10.3. The summed E-state index contributed by atoms with van der Waals surface area (Å²) in [5.74, 6) is -0.745. The van der Waals surface area contributed by atoms with Crippen molar-refractivity contribution in [2.75, 3.05) is 18.0 Å². The second-order valence-corrected chi connectivity index (χ2v) is 9.38. The zero-order valence-corrected chi connectivity index (χ0v) is 16.7. The van der Waals surface area contributed by atoms with Crippen LogP contribution in [0.5, 0.6) is 0 Å². The molecule has 5 rings (SSSR count). The van der Waals surface area contributed by atoms with E-state index in [0.29, 0.717) is 35.1 Å². The van der Waals surface area contributed by atoms with E-state index in [0.717, 1.165) is 37.8 Å². The number of nitrogens with two attached hydrogens (primary N) is 1. The number of carboxylic acids is 1. The number of carboxylic acid groups (broad SMARTS) is 1. The molecular weight excluding hydrogens is 373 g/mol. The normalized spacial score (nSPS) is 28.9. The molecule has 3 aliphatic rings. The number of aryl methyl sites for hydroxylation is 1. The van der Waals surface area contributed by atoms with Gasteiger partial charge >= 0.3 is 5.97 Å². The van der Waals surface area contributed by atoms with Gasteiger partial charge in [-0.1, -0.05) is 0 Å². The van der Waals surface area contributed by atoms with Crippen molar-refractivity contribution in [3.05, 3.63) is 45.1 Å². The van der Waals surface area contributed by atoms with E-state index < -0.39 is 17.3 Å². The van der Waals surface area contributed by atoms with Gasteiger partial charge in [0.25, 0.3) is 5.56 Å². The standard InChI is InChI=1S/C22H26FN3O3/c1-11-18-14(12-3-4-12)7-15(21(28)29)20(27)26(18)10-17(23)19(11)25-8-13-5-6-22(2,24)16(13)9-25/h7,10,12-13,16H,3-6,8-9,24H2,1-2H3,(H,28,29). The molecule has 0 spiro atoms. The minimum absolute atomic E-state index is 0.228. The average Bonchev–Trinajstić information content (AvgIpc) is 3.33. The number of anilines is 1. The molecule has 3 N–H and O–H groups in total. The molecule has 6 nitrogen and oxygen atoms in total. The first-order valence-corrected chi connectivity index (χ1v) is 10.3. The SMILES string of the molecule is Cc1c(N2CC3CCC(C)(N)C3C2)c(F)cn2c(=O)c(C(=O)O)cc(C3CC3)c12. The second-order valence-electron chi connectivity index (χ2n) is 9.38. The molecule has 1 saturated heterocycles. The summed E-state index contributed by atoms with van der Waals surface area (Å²) in [5, 5.41) is 9.43. The van der Waals surface area contributed by atoms with Crippen LogP contribution in [0.1, 0.15) is 60.0 Å². The molecule has 2 aromatic rings. The van der Waals surface area contributed by atoms with Crippen LogP contribution in [0.2, 0.25) is 0 Å². The smallest absolute Gasteiger partial charge is 0.341 e. The van der Waals surface area contributed by atoms with Crippen LogP contribution in [0.25, 0.3) is 5.52 Å². The molecule has 0 radical (unpaired) electrons. The van der Waals surface area contributed by atoms with Crippen molar-refractivity contribution in [3.63, 3.8) is 0 Å². The lowest BCUT2D eigenvalue weighted by Gasteiger charge is -2.29. The van der Waals surface area contributed by atoms with Gasteiger partial charge in [0.2, 0.25) is 0 Å². The summed E-state index contributed by atoms with van der Waals surface area (Å²) in [6.07, 6.45) is 5.14. The van der Waals surface area contributed by atoms with E-state index in [1.807, 2.05) is 6.92 Å². The number of aromatic carboxylic acids is 1. The van der Waals surface area contributed by atoms with Crippen LogP contribution in [-0.2, 0) is 0 Å². The van der Waals surface area contributed by atoms with E-state index in [1.165, 1.54) is 16.7 Å². The fourth-order valence-corrected chi connectivity index (χ4v) is 5.66. The molecule has 3 atom stereocenters. The number of halogens is 1. The molecule has 0 amide bonds. The Morgan fingerprint density at radius 2 is 2.03 bits per heavy atom. The molecular formula is C22H26FN3O3. The molecule has 2 saturated carbocycles. The highest BCUT2D eigenvalue weighted by Gasteiger charge is 2.48. The maximum Gasteiger partial charge on any atom is 0.341 e. The fourth-order valence-electron chi connectivity index (χ4n) is 5.66. The Morgan fingerprint density at radius 3 is 2.66 bits per heavy atom. The summed E-state index contributed by atoms with van der Waals surface area (Å²) in [7, 11) is 0. The quantitative estimate of drug-likeness (QED) is 0.829. The van der Waals surface area contributed by atoms with Gasteiger partial charge < -0.3 is 15.7 Å². The molecule has 3 unspecified atom stereocenters. The molecule has 2 aliphatic carbocycles. The third-order valence-electron chi connectivity index (χ3n) is 7.35. The van der Waals surface area contributed by atoms with Crippen LogP contribution in [-0.4, -0.2) is 34.1 Å².